The van der Waals surface area contributed by atoms with Crippen LogP contribution in [0.2, 0.25) is 0 Å². The Morgan fingerprint density at radius 1 is 1.44 bits per heavy atom. The normalized spacial score (nSPS) is 10.3. The topological polar surface area (TPSA) is 71.5 Å². The maximum absolute atomic E-state index is 11.0. The van der Waals surface area contributed by atoms with Gasteiger partial charge in [-0.1, -0.05) is 13.3 Å². The summed E-state index contributed by atoms with van der Waals surface area (Å²) in [4.78, 5) is 15.4. The standard InChI is InChI=1S/C13H20N2O3/c1-3-5-11-8-10(13(16)17)9-12(15-11)14-6-7-18-4-2/h8-9H,3-7H2,1-2H3,(H,14,15)(H,16,17). The lowest BCUT2D eigenvalue weighted by molar-refractivity contribution is 0.0696. The minimum atomic E-state index is -0.928. The summed E-state index contributed by atoms with van der Waals surface area (Å²) >= 11 is 0. The highest BCUT2D eigenvalue weighted by Crippen LogP contribution is 2.12. The lowest BCUT2D eigenvalue weighted by Crippen LogP contribution is -2.12. The van der Waals surface area contributed by atoms with Crippen molar-refractivity contribution in [1.82, 2.24) is 4.98 Å². The third-order valence-electron chi connectivity index (χ3n) is 2.39. The lowest BCUT2D eigenvalue weighted by atomic mass is 10.1. The Morgan fingerprint density at radius 2 is 2.22 bits per heavy atom. The number of nitrogens with one attached hydrogen (secondary N) is 1. The largest absolute Gasteiger partial charge is 0.478 e. The molecule has 0 bridgehead atoms. The highest BCUT2D eigenvalue weighted by Gasteiger charge is 2.07. The number of aromatic carboxylic acids is 1. The van der Waals surface area contributed by atoms with E-state index in [1.807, 2.05) is 13.8 Å². The second kappa shape index (κ2) is 7.66. The smallest absolute Gasteiger partial charge is 0.335 e. The molecular formula is C13H20N2O3. The van der Waals surface area contributed by atoms with Crippen LogP contribution in [-0.4, -0.2) is 35.8 Å². The first-order valence-electron chi connectivity index (χ1n) is 6.23. The Balaban J connectivity index is 2.72. The van der Waals surface area contributed by atoms with Crippen molar-refractivity contribution in [2.45, 2.75) is 26.7 Å². The van der Waals surface area contributed by atoms with Crippen LogP contribution in [0.15, 0.2) is 12.1 Å². The van der Waals surface area contributed by atoms with E-state index in [0.29, 0.717) is 25.6 Å². The van der Waals surface area contributed by atoms with Crippen molar-refractivity contribution in [3.05, 3.63) is 23.4 Å². The monoisotopic (exact) mass is 252 g/mol. The molecule has 0 aliphatic heterocycles. The summed E-state index contributed by atoms with van der Waals surface area (Å²) in [5, 5.41) is 12.1. The third-order valence-corrected chi connectivity index (χ3v) is 2.39. The molecule has 0 aromatic carbocycles. The first-order valence-corrected chi connectivity index (χ1v) is 6.23. The molecule has 0 fully saturated rings. The molecule has 5 nitrogen and oxygen atoms in total. The predicted octanol–water partition coefficient (Wildman–Crippen LogP) is 2.18. The number of rotatable bonds is 8. The average molecular weight is 252 g/mol. The first kappa shape index (κ1) is 14.4. The van der Waals surface area contributed by atoms with E-state index in [-0.39, 0.29) is 5.56 Å². The van der Waals surface area contributed by atoms with Gasteiger partial charge in [0.2, 0.25) is 0 Å². The maximum Gasteiger partial charge on any atom is 0.335 e. The van der Waals surface area contributed by atoms with Crippen molar-refractivity contribution in [3.63, 3.8) is 0 Å². The lowest BCUT2D eigenvalue weighted by Gasteiger charge is -2.09. The fourth-order valence-electron chi connectivity index (χ4n) is 1.58. The van der Waals surface area contributed by atoms with Crippen LogP contribution < -0.4 is 5.32 Å². The van der Waals surface area contributed by atoms with Crippen LogP contribution in [0.4, 0.5) is 5.82 Å². The van der Waals surface area contributed by atoms with E-state index in [1.165, 1.54) is 0 Å². The molecule has 0 saturated heterocycles. The van der Waals surface area contributed by atoms with Crippen LogP contribution in [0.1, 0.15) is 36.3 Å². The van der Waals surface area contributed by atoms with Gasteiger partial charge in [0.25, 0.3) is 0 Å². The van der Waals surface area contributed by atoms with Gasteiger partial charge in [0.15, 0.2) is 0 Å². The number of pyridine rings is 1. The van der Waals surface area contributed by atoms with Crippen molar-refractivity contribution < 1.29 is 14.6 Å². The molecule has 2 N–H and O–H groups in total. The van der Waals surface area contributed by atoms with Gasteiger partial charge in [-0.25, -0.2) is 9.78 Å². The number of anilines is 1. The summed E-state index contributed by atoms with van der Waals surface area (Å²) in [6, 6.07) is 3.17. The van der Waals surface area contributed by atoms with E-state index in [9.17, 15) is 4.79 Å². The van der Waals surface area contributed by atoms with Crippen LogP contribution in [0.5, 0.6) is 0 Å². The Hall–Kier alpha value is -1.62. The zero-order valence-electron chi connectivity index (χ0n) is 10.9. The Bertz CT molecular complexity index is 394. The molecule has 1 aromatic rings. The van der Waals surface area contributed by atoms with Gasteiger partial charge in [0, 0.05) is 18.8 Å². The number of carboxylic acid groups (broad SMARTS) is 1. The molecule has 1 aromatic heterocycles. The van der Waals surface area contributed by atoms with E-state index >= 15 is 0 Å². The van der Waals surface area contributed by atoms with Crippen LogP contribution in [-0.2, 0) is 11.2 Å². The van der Waals surface area contributed by atoms with E-state index in [4.69, 9.17) is 9.84 Å². The minimum Gasteiger partial charge on any atom is -0.478 e. The summed E-state index contributed by atoms with van der Waals surface area (Å²) < 4.78 is 5.20. The molecular weight excluding hydrogens is 232 g/mol. The van der Waals surface area contributed by atoms with Crippen molar-refractivity contribution in [2.75, 3.05) is 25.1 Å². The molecule has 5 heteroatoms. The number of ether oxygens (including phenoxy) is 1. The van der Waals surface area contributed by atoms with Crippen LogP contribution >= 0.6 is 0 Å². The molecule has 1 heterocycles. The van der Waals surface area contributed by atoms with E-state index in [2.05, 4.69) is 10.3 Å². The molecule has 0 amide bonds. The minimum absolute atomic E-state index is 0.271. The van der Waals surface area contributed by atoms with Gasteiger partial charge < -0.3 is 15.2 Å². The highest BCUT2D eigenvalue weighted by molar-refractivity contribution is 5.88. The van der Waals surface area contributed by atoms with Gasteiger partial charge in [-0.3, -0.25) is 0 Å². The van der Waals surface area contributed by atoms with Crippen molar-refractivity contribution in [1.29, 1.82) is 0 Å². The molecule has 0 saturated carbocycles. The summed E-state index contributed by atoms with van der Waals surface area (Å²) in [7, 11) is 0. The number of hydrogen-bond acceptors (Lipinski definition) is 4. The highest BCUT2D eigenvalue weighted by atomic mass is 16.5. The van der Waals surface area contributed by atoms with E-state index in [0.717, 1.165) is 18.5 Å². The van der Waals surface area contributed by atoms with Crippen LogP contribution in [0.3, 0.4) is 0 Å². The molecule has 1 rings (SSSR count). The Labute approximate surface area is 107 Å². The first-order chi connectivity index (χ1) is 8.67. The van der Waals surface area contributed by atoms with Gasteiger partial charge in [-0.15, -0.1) is 0 Å². The molecule has 0 aliphatic rings. The summed E-state index contributed by atoms with van der Waals surface area (Å²) in [5.74, 6) is -0.333. The van der Waals surface area contributed by atoms with Gasteiger partial charge >= 0.3 is 5.97 Å². The SMILES string of the molecule is CCCc1cc(C(=O)O)cc(NCCOCC)n1. The Morgan fingerprint density at radius 3 is 2.83 bits per heavy atom. The zero-order chi connectivity index (χ0) is 13.4. The number of nitrogens with zero attached hydrogens (tertiary/aromatic N) is 1. The second-order valence-corrected chi connectivity index (χ2v) is 3.91. The summed E-state index contributed by atoms with van der Waals surface area (Å²) in [5.41, 5.74) is 1.07. The molecule has 100 valence electrons. The van der Waals surface area contributed by atoms with Crippen molar-refractivity contribution in [3.8, 4) is 0 Å². The molecule has 0 atom stereocenters. The Kier molecular flexibility index (Phi) is 6.14. The van der Waals surface area contributed by atoms with E-state index in [1.54, 1.807) is 12.1 Å². The molecule has 0 radical (unpaired) electrons. The number of carboxylic acids is 1. The van der Waals surface area contributed by atoms with Crippen LogP contribution in [0.25, 0.3) is 0 Å². The fraction of sp³-hybridized carbons (Fsp3) is 0.538. The molecule has 0 unspecified atom stereocenters. The average Bonchev–Trinajstić information content (AvgIpc) is 2.35. The molecule has 18 heavy (non-hydrogen) atoms. The van der Waals surface area contributed by atoms with Gasteiger partial charge in [0.05, 0.1) is 12.2 Å². The second-order valence-electron chi connectivity index (χ2n) is 3.91. The van der Waals surface area contributed by atoms with Crippen molar-refractivity contribution in [2.24, 2.45) is 0 Å². The quantitative estimate of drug-likeness (QED) is 0.694. The number of aryl methyl sites for hydroxylation is 1. The number of hydrogen-bond donors (Lipinski definition) is 2. The van der Waals surface area contributed by atoms with Crippen molar-refractivity contribution >= 4 is 11.8 Å². The van der Waals surface area contributed by atoms with Gasteiger partial charge in [-0.05, 0) is 25.5 Å². The van der Waals surface area contributed by atoms with Gasteiger partial charge in [0.1, 0.15) is 5.82 Å². The summed E-state index contributed by atoms with van der Waals surface area (Å²) in [6.45, 7) is 5.85. The number of aromatic nitrogens is 1. The van der Waals surface area contributed by atoms with E-state index < -0.39 is 5.97 Å². The maximum atomic E-state index is 11.0. The number of carbonyl (C=O) groups is 1. The third kappa shape index (κ3) is 4.71. The molecule has 0 spiro atoms. The fourth-order valence-corrected chi connectivity index (χ4v) is 1.58. The predicted molar refractivity (Wildman–Crippen MR) is 70.2 cm³/mol. The molecule has 0 aliphatic carbocycles. The zero-order valence-corrected chi connectivity index (χ0v) is 10.9. The van der Waals surface area contributed by atoms with Gasteiger partial charge in [-0.2, -0.15) is 0 Å². The van der Waals surface area contributed by atoms with Crippen LogP contribution in [0, 0.1) is 0 Å². The summed E-state index contributed by atoms with van der Waals surface area (Å²) in [6.07, 6.45) is 1.72.